The highest BCUT2D eigenvalue weighted by atomic mass is 15.3. The molecule has 5 heteroatoms. The van der Waals surface area contributed by atoms with Crippen molar-refractivity contribution in [1.82, 2.24) is 14.8 Å². The SMILES string of the molecule is CCc1nc(CC)n(-c2ccc(C#N)c(N)c2)n1. The molecule has 0 bridgehead atoms. The normalized spacial score (nSPS) is 10.3. The van der Waals surface area contributed by atoms with Crippen LogP contribution in [0.5, 0.6) is 0 Å². The smallest absolute Gasteiger partial charge is 0.151 e. The molecule has 0 amide bonds. The van der Waals surface area contributed by atoms with Crippen molar-refractivity contribution in [2.24, 2.45) is 0 Å². The molecule has 0 aliphatic carbocycles. The van der Waals surface area contributed by atoms with E-state index >= 15 is 0 Å². The summed E-state index contributed by atoms with van der Waals surface area (Å²) >= 11 is 0. The number of rotatable bonds is 3. The molecule has 0 radical (unpaired) electrons. The van der Waals surface area contributed by atoms with Crippen LogP contribution in [0, 0.1) is 11.3 Å². The molecule has 0 aliphatic rings. The zero-order valence-corrected chi connectivity index (χ0v) is 10.5. The Labute approximate surface area is 106 Å². The van der Waals surface area contributed by atoms with Gasteiger partial charge in [0.05, 0.1) is 16.9 Å². The minimum atomic E-state index is 0.464. The van der Waals surface area contributed by atoms with E-state index in [4.69, 9.17) is 11.0 Å². The van der Waals surface area contributed by atoms with Gasteiger partial charge < -0.3 is 5.73 Å². The number of anilines is 1. The topological polar surface area (TPSA) is 80.5 Å². The maximum atomic E-state index is 8.86. The first kappa shape index (κ1) is 12.1. The zero-order chi connectivity index (χ0) is 13.1. The van der Waals surface area contributed by atoms with Gasteiger partial charge in [0.15, 0.2) is 5.82 Å². The first-order valence-electron chi connectivity index (χ1n) is 5.94. The highest BCUT2D eigenvalue weighted by molar-refractivity contribution is 5.58. The predicted octanol–water partition coefficient (Wildman–Crippen LogP) is 1.85. The van der Waals surface area contributed by atoms with Crippen LogP contribution < -0.4 is 5.73 Å². The number of hydrogen-bond donors (Lipinski definition) is 1. The van der Waals surface area contributed by atoms with Crippen molar-refractivity contribution in [2.45, 2.75) is 26.7 Å². The molecule has 0 atom stereocenters. The highest BCUT2D eigenvalue weighted by Crippen LogP contribution is 2.17. The second kappa shape index (κ2) is 4.88. The molecule has 1 heterocycles. The van der Waals surface area contributed by atoms with Crippen LogP contribution in [0.4, 0.5) is 5.69 Å². The summed E-state index contributed by atoms with van der Waals surface area (Å²) in [6.45, 7) is 4.05. The minimum absolute atomic E-state index is 0.464. The van der Waals surface area contributed by atoms with Gasteiger partial charge in [-0.15, -0.1) is 0 Å². The minimum Gasteiger partial charge on any atom is -0.398 e. The van der Waals surface area contributed by atoms with E-state index in [2.05, 4.69) is 10.1 Å². The lowest BCUT2D eigenvalue weighted by molar-refractivity contribution is 0.791. The van der Waals surface area contributed by atoms with Gasteiger partial charge in [0.25, 0.3) is 0 Å². The Morgan fingerprint density at radius 1 is 1.33 bits per heavy atom. The fourth-order valence-corrected chi connectivity index (χ4v) is 1.76. The van der Waals surface area contributed by atoms with Gasteiger partial charge in [-0.1, -0.05) is 13.8 Å². The highest BCUT2D eigenvalue weighted by Gasteiger charge is 2.10. The van der Waals surface area contributed by atoms with E-state index in [1.54, 1.807) is 16.8 Å². The molecule has 0 saturated carbocycles. The maximum Gasteiger partial charge on any atom is 0.151 e. The standard InChI is InChI=1S/C13H15N5/c1-3-12-16-13(4-2)18(17-12)10-6-5-9(8-14)11(15)7-10/h5-7H,3-4,15H2,1-2H3. The molecular weight excluding hydrogens is 226 g/mol. The number of nitrogen functional groups attached to an aromatic ring is 1. The van der Waals surface area contributed by atoms with E-state index < -0.39 is 0 Å². The molecule has 2 N–H and O–H groups in total. The van der Waals surface area contributed by atoms with Gasteiger partial charge in [0, 0.05) is 12.8 Å². The first-order valence-corrected chi connectivity index (χ1v) is 5.94. The number of nitrogens with two attached hydrogens (primary N) is 1. The Morgan fingerprint density at radius 2 is 2.11 bits per heavy atom. The molecule has 0 spiro atoms. The Morgan fingerprint density at radius 3 is 2.67 bits per heavy atom. The number of nitrogens with zero attached hydrogens (tertiary/aromatic N) is 4. The van der Waals surface area contributed by atoms with Gasteiger partial charge in [0.2, 0.25) is 0 Å². The van der Waals surface area contributed by atoms with E-state index in [1.165, 1.54) is 0 Å². The fourth-order valence-electron chi connectivity index (χ4n) is 1.76. The summed E-state index contributed by atoms with van der Waals surface area (Å²) < 4.78 is 1.79. The Hall–Kier alpha value is -2.35. The zero-order valence-electron chi connectivity index (χ0n) is 10.5. The van der Waals surface area contributed by atoms with Gasteiger partial charge in [-0.3, -0.25) is 0 Å². The molecule has 92 valence electrons. The predicted molar refractivity (Wildman–Crippen MR) is 69.2 cm³/mol. The van der Waals surface area contributed by atoms with Crippen LogP contribution in [0.1, 0.15) is 31.1 Å². The van der Waals surface area contributed by atoms with Gasteiger partial charge in [-0.05, 0) is 18.2 Å². The summed E-state index contributed by atoms with van der Waals surface area (Å²) in [5.74, 6) is 1.71. The number of nitriles is 1. The fraction of sp³-hybridized carbons (Fsp3) is 0.308. The molecule has 1 aromatic carbocycles. The second-order valence-electron chi connectivity index (χ2n) is 3.95. The van der Waals surface area contributed by atoms with Gasteiger partial charge in [-0.25, -0.2) is 9.67 Å². The molecule has 2 rings (SSSR count). The summed E-state index contributed by atoms with van der Waals surface area (Å²) in [7, 11) is 0. The largest absolute Gasteiger partial charge is 0.398 e. The molecule has 18 heavy (non-hydrogen) atoms. The van der Waals surface area contributed by atoms with Gasteiger partial charge in [0.1, 0.15) is 11.9 Å². The van der Waals surface area contributed by atoms with Crippen LogP contribution in [0.2, 0.25) is 0 Å². The van der Waals surface area contributed by atoms with Crippen molar-refractivity contribution in [1.29, 1.82) is 5.26 Å². The van der Waals surface area contributed by atoms with E-state index in [1.807, 2.05) is 26.0 Å². The van der Waals surface area contributed by atoms with E-state index in [0.717, 1.165) is 30.2 Å². The van der Waals surface area contributed by atoms with Crippen molar-refractivity contribution >= 4 is 5.69 Å². The average Bonchev–Trinajstić information content (AvgIpc) is 2.82. The van der Waals surface area contributed by atoms with Gasteiger partial charge in [-0.2, -0.15) is 10.4 Å². The molecular formula is C13H15N5. The number of benzene rings is 1. The van der Waals surface area contributed by atoms with Crippen molar-refractivity contribution < 1.29 is 0 Å². The molecule has 0 saturated heterocycles. The van der Waals surface area contributed by atoms with Crippen LogP contribution in [0.25, 0.3) is 5.69 Å². The summed E-state index contributed by atoms with van der Waals surface area (Å²) in [5.41, 5.74) is 7.60. The Kier molecular flexibility index (Phi) is 3.28. The lowest BCUT2D eigenvalue weighted by atomic mass is 10.2. The number of hydrogen-bond acceptors (Lipinski definition) is 4. The van der Waals surface area contributed by atoms with E-state index in [9.17, 15) is 0 Å². The van der Waals surface area contributed by atoms with Crippen molar-refractivity contribution in [3.8, 4) is 11.8 Å². The van der Waals surface area contributed by atoms with Crippen LogP contribution in [-0.2, 0) is 12.8 Å². The summed E-state index contributed by atoms with van der Waals surface area (Å²) in [5, 5.41) is 13.3. The third-order valence-corrected chi connectivity index (χ3v) is 2.75. The van der Waals surface area contributed by atoms with Gasteiger partial charge >= 0.3 is 0 Å². The third kappa shape index (κ3) is 2.05. The molecule has 0 unspecified atom stereocenters. The number of aromatic nitrogens is 3. The molecule has 2 aromatic rings. The van der Waals surface area contributed by atoms with E-state index in [0.29, 0.717) is 11.3 Å². The van der Waals surface area contributed by atoms with Crippen molar-refractivity contribution in [3.05, 3.63) is 35.4 Å². The molecule has 0 fully saturated rings. The van der Waals surface area contributed by atoms with Crippen LogP contribution in [0.3, 0.4) is 0 Å². The third-order valence-electron chi connectivity index (χ3n) is 2.75. The lowest BCUT2D eigenvalue weighted by Crippen LogP contribution is -2.03. The van der Waals surface area contributed by atoms with E-state index in [-0.39, 0.29) is 0 Å². The monoisotopic (exact) mass is 241 g/mol. The van der Waals surface area contributed by atoms with Crippen LogP contribution >= 0.6 is 0 Å². The first-order chi connectivity index (χ1) is 8.69. The van der Waals surface area contributed by atoms with Crippen molar-refractivity contribution in [3.63, 3.8) is 0 Å². The summed E-state index contributed by atoms with van der Waals surface area (Å²) in [6, 6.07) is 7.35. The quantitative estimate of drug-likeness (QED) is 0.831. The second-order valence-corrected chi connectivity index (χ2v) is 3.95. The van der Waals surface area contributed by atoms with Crippen LogP contribution in [-0.4, -0.2) is 14.8 Å². The molecule has 1 aromatic heterocycles. The molecule has 0 aliphatic heterocycles. The average molecular weight is 241 g/mol. The molecule has 5 nitrogen and oxygen atoms in total. The summed E-state index contributed by atoms with van der Waals surface area (Å²) in [4.78, 5) is 4.44. The maximum absolute atomic E-state index is 8.86. The Balaban J connectivity index is 2.51. The van der Waals surface area contributed by atoms with Crippen LogP contribution in [0.15, 0.2) is 18.2 Å². The number of aryl methyl sites for hydroxylation is 2. The van der Waals surface area contributed by atoms with Crippen molar-refractivity contribution in [2.75, 3.05) is 5.73 Å². The lowest BCUT2D eigenvalue weighted by Gasteiger charge is -2.06. The summed E-state index contributed by atoms with van der Waals surface area (Å²) in [6.07, 6.45) is 1.60. The Bertz CT molecular complexity index is 606.